The van der Waals surface area contributed by atoms with Crippen LogP contribution >= 0.6 is 0 Å². The molecule has 7 heteroatoms. The molecular weight excluding hydrogens is 365 g/mol. The topological polar surface area (TPSA) is 83.9 Å². The number of imide groups is 1. The van der Waals surface area contributed by atoms with E-state index in [0.717, 1.165) is 0 Å². The van der Waals surface area contributed by atoms with E-state index in [4.69, 9.17) is 5.11 Å². The zero-order valence-corrected chi connectivity index (χ0v) is 14.3. The van der Waals surface area contributed by atoms with Crippen LogP contribution in [0, 0.1) is 48.4 Å². The van der Waals surface area contributed by atoms with Crippen LogP contribution in [0.1, 0.15) is 33.1 Å². The molecule has 0 spiro atoms. The van der Waals surface area contributed by atoms with Crippen molar-refractivity contribution in [2.24, 2.45) is 5.92 Å². The third-order valence-corrected chi connectivity index (χ3v) is 2.02. The van der Waals surface area contributed by atoms with Crippen LogP contribution in [0.4, 0.5) is 0 Å². The Morgan fingerprint density at radius 2 is 1.83 bits per heavy atom. The van der Waals surface area contributed by atoms with Crippen molar-refractivity contribution in [2.45, 2.75) is 33.1 Å². The molecule has 1 fully saturated rings. The zero-order valence-electron chi connectivity index (χ0n) is 10.7. The quantitative estimate of drug-likeness (QED) is 0.565. The minimum absolute atomic E-state index is 0. The van der Waals surface area contributed by atoms with Crippen LogP contribution in [-0.2, 0) is 19.2 Å². The maximum Gasteiger partial charge on any atom is 0.358 e. The van der Waals surface area contributed by atoms with Gasteiger partial charge in [0.15, 0.2) is 0 Å². The van der Waals surface area contributed by atoms with Gasteiger partial charge in [-0.25, -0.2) is 4.79 Å². The van der Waals surface area contributed by atoms with E-state index in [0.29, 0.717) is 11.0 Å². The van der Waals surface area contributed by atoms with Gasteiger partial charge < -0.3 is 16.9 Å². The summed E-state index contributed by atoms with van der Waals surface area (Å²) < 4.78 is 0. The van der Waals surface area contributed by atoms with Crippen molar-refractivity contribution < 1.29 is 59.9 Å². The van der Waals surface area contributed by atoms with Gasteiger partial charge in [-0.05, 0) is 0 Å². The van der Waals surface area contributed by atoms with Crippen molar-refractivity contribution in [1.29, 1.82) is 0 Å². The summed E-state index contributed by atoms with van der Waals surface area (Å²) in [7, 11) is 0. The molecule has 2 amide bonds. The summed E-state index contributed by atoms with van der Waals surface area (Å²) in [6, 6.07) is 0. The van der Waals surface area contributed by atoms with Crippen LogP contribution < -0.4 is 0 Å². The Kier molecular flexibility index (Phi) is 11.9. The van der Waals surface area contributed by atoms with E-state index in [2.05, 4.69) is 25.6 Å². The van der Waals surface area contributed by atoms with Gasteiger partial charge in [0, 0.05) is 48.4 Å². The first-order valence-electron chi connectivity index (χ1n) is 5.42. The molecule has 0 saturated carbocycles. The normalized spacial score (nSPS) is 15.4. The van der Waals surface area contributed by atoms with Crippen LogP contribution in [-0.4, -0.2) is 34.6 Å². The maximum atomic E-state index is 10.8. The Balaban J connectivity index is 0. The van der Waals surface area contributed by atoms with Crippen molar-refractivity contribution in [2.75, 3.05) is 6.61 Å². The number of amides is 2. The molecule has 0 aromatic heterocycles. The number of aliphatic hydroxyl groups excluding tert-OH is 1. The zero-order chi connectivity index (χ0) is 13.4. The molecule has 1 radical (unpaired) electrons. The molecule has 1 aliphatic heterocycles. The molecule has 18 heavy (non-hydrogen) atoms. The summed E-state index contributed by atoms with van der Waals surface area (Å²) in [5.41, 5.74) is 0. The van der Waals surface area contributed by atoms with Gasteiger partial charge in [0.2, 0.25) is 0 Å². The Morgan fingerprint density at radius 1 is 1.44 bits per heavy atom. The second-order valence-corrected chi connectivity index (χ2v) is 3.72. The molecule has 0 aromatic carbocycles. The molecule has 0 aromatic rings. The maximum absolute atomic E-state index is 10.8. The van der Waals surface area contributed by atoms with E-state index >= 15 is 0 Å². The fraction of sp³-hybridized carbons (Fsp3) is 0.636. The van der Waals surface area contributed by atoms with Crippen LogP contribution in [0.5, 0.6) is 0 Å². The smallest absolute Gasteiger partial charge is 0.358 e. The van der Waals surface area contributed by atoms with Crippen LogP contribution in [0.3, 0.4) is 0 Å². The number of aliphatic hydroxyl groups is 1. The minimum Gasteiger partial charge on any atom is -0.385 e. The van der Waals surface area contributed by atoms with E-state index in [9.17, 15) is 14.4 Å². The van der Waals surface area contributed by atoms with Gasteiger partial charge in [-0.15, -0.1) is 5.06 Å². The van der Waals surface area contributed by atoms with Crippen LogP contribution in [0.25, 0.3) is 0 Å². The Labute approximate surface area is 135 Å². The number of carbonyl (C=O) groups is 3. The molecule has 1 atom stereocenters. The monoisotopic (exact) mass is 383 g/mol. The summed E-state index contributed by atoms with van der Waals surface area (Å²) in [6.45, 7) is 7.15. The molecule has 1 unspecified atom stereocenters. The third kappa shape index (κ3) is 7.97. The molecule has 1 saturated heterocycles. The van der Waals surface area contributed by atoms with Gasteiger partial charge in [-0.2, -0.15) is 5.92 Å². The SMILES string of the molecule is O=C(CO)ON1C(=O)CCC1=O.[CH2-]C(C)CC.[La]. The molecule has 1 rings (SSSR count). The first kappa shape index (κ1) is 20.1. The Morgan fingerprint density at radius 3 is 2.11 bits per heavy atom. The minimum atomic E-state index is -1.02. The largest absolute Gasteiger partial charge is 0.385 e. The average Bonchev–Trinajstić information content (AvgIpc) is 2.61. The van der Waals surface area contributed by atoms with E-state index in [1.807, 2.05) is 0 Å². The number of rotatable bonds is 3. The van der Waals surface area contributed by atoms with Crippen molar-refractivity contribution in [1.82, 2.24) is 5.06 Å². The second kappa shape index (κ2) is 10.7. The number of hydrogen-bond donors (Lipinski definition) is 1. The van der Waals surface area contributed by atoms with Gasteiger partial charge in [-0.3, -0.25) is 9.59 Å². The predicted octanol–water partition coefficient (Wildman–Crippen LogP) is 0.452. The number of carbonyl (C=O) groups excluding carboxylic acids is 3. The average molecular weight is 383 g/mol. The fourth-order valence-corrected chi connectivity index (χ4v) is 0.789. The molecular formula is C11H18LaNO5-. The summed E-state index contributed by atoms with van der Waals surface area (Å²) in [5, 5.41) is 8.63. The fourth-order valence-electron chi connectivity index (χ4n) is 0.789. The predicted molar refractivity (Wildman–Crippen MR) is 59.1 cm³/mol. The van der Waals surface area contributed by atoms with Crippen molar-refractivity contribution >= 4 is 17.8 Å². The molecule has 1 N–H and O–H groups in total. The van der Waals surface area contributed by atoms with E-state index in [1.165, 1.54) is 6.42 Å². The number of hydrogen-bond acceptors (Lipinski definition) is 5. The standard InChI is InChI=1S/C6H7NO5.C5H11.La/c8-3-6(11)12-7-4(9)1-2-5(7)10;1-4-5(2)3;/h8H,1-3H2;5H,2,4H2,1,3H3;/q;-1;. The van der Waals surface area contributed by atoms with Gasteiger partial charge in [-0.1, -0.05) is 20.3 Å². The first-order chi connectivity index (χ1) is 7.92. The van der Waals surface area contributed by atoms with Crippen molar-refractivity contribution in [3.63, 3.8) is 0 Å². The van der Waals surface area contributed by atoms with Crippen molar-refractivity contribution in [3.05, 3.63) is 6.92 Å². The molecule has 0 bridgehead atoms. The molecule has 101 valence electrons. The summed E-state index contributed by atoms with van der Waals surface area (Å²) >= 11 is 0. The van der Waals surface area contributed by atoms with Crippen molar-refractivity contribution in [3.8, 4) is 0 Å². The summed E-state index contributed by atoms with van der Waals surface area (Å²) in [6.07, 6.45) is 1.30. The summed E-state index contributed by atoms with van der Waals surface area (Å²) in [4.78, 5) is 36.2. The molecule has 1 heterocycles. The number of nitrogens with zero attached hydrogens (tertiary/aromatic N) is 1. The van der Waals surface area contributed by atoms with Gasteiger partial charge in [0.25, 0.3) is 11.8 Å². The Bertz CT molecular complexity index is 277. The Hall–Kier alpha value is -0.235. The second-order valence-electron chi connectivity index (χ2n) is 3.72. The summed E-state index contributed by atoms with van der Waals surface area (Å²) in [5.74, 6) is -1.49. The van der Waals surface area contributed by atoms with Crippen LogP contribution in [0.2, 0.25) is 0 Å². The van der Waals surface area contributed by atoms with E-state index in [-0.39, 0.29) is 48.4 Å². The first-order valence-corrected chi connectivity index (χ1v) is 5.42. The van der Waals surface area contributed by atoms with Gasteiger partial charge in [0.05, 0.1) is 0 Å². The van der Waals surface area contributed by atoms with Gasteiger partial charge >= 0.3 is 5.97 Å². The van der Waals surface area contributed by atoms with E-state index < -0.39 is 24.4 Å². The van der Waals surface area contributed by atoms with Gasteiger partial charge in [0.1, 0.15) is 6.61 Å². The third-order valence-electron chi connectivity index (χ3n) is 2.02. The number of hydroxylamine groups is 2. The van der Waals surface area contributed by atoms with Crippen LogP contribution in [0.15, 0.2) is 0 Å². The molecule has 0 aliphatic carbocycles. The molecule has 6 nitrogen and oxygen atoms in total. The molecule has 1 aliphatic rings. The van der Waals surface area contributed by atoms with E-state index in [1.54, 1.807) is 0 Å².